The molecule has 0 saturated carbocycles. The highest BCUT2D eigenvalue weighted by molar-refractivity contribution is 5.58. The number of anilines is 1. The molecule has 2 rings (SSSR count). The van der Waals surface area contributed by atoms with Crippen LogP contribution in [0.15, 0.2) is 18.2 Å². The van der Waals surface area contributed by atoms with Gasteiger partial charge in [0.1, 0.15) is 0 Å². The molecule has 1 aliphatic rings. The Labute approximate surface area is 78.1 Å². The molecule has 2 heteroatoms. The first-order valence-electron chi connectivity index (χ1n) is 4.46. The third-order valence-corrected chi connectivity index (χ3v) is 2.15. The van der Waals surface area contributed by atoms with E-state index in [4.69, 9.17) is 5.73 Å². The van der Waals surface area contributed by atoms with Gasteiger partial charge in [-0.3, -0.25) is 0 Å². The zero-order valence-corrected chi connectivity index (χ0v) is 7.43. The van der Waals surface area contributed by atoms with Crippen molar-refractivity contribution in [3.05, 3.63) is 29.3 Å². The maximum atomic E-state index is 5.30. The quantitative estimate of drug-likeness (QED) is 0.572. The molecule has 1 aromatic carbocycles. The van der Waals surface area contributed by atoms with E-state index in [1.165, 1.54) is 11.3 Å². The second kappa shape index (κ2) is 3.51. The van der Waals surface area contributed by atoms with Crippen LogP contribution in [-0.2, 0) is 6.42 Å². The Morgan fingerprint density at radius 1 is 1.46 bits per heavy atom. The van der Waals surface area contributed by atoms with Crippen molar-refractivity contribution in [3.63, 3.8) is 0 Å². The molecule has 0 unspecified atom stereocenters. The lowest BCUT2D eigenvalue weighted by molar-refractivity contribution is 1.11. The summed E-state index contributed by atoms with van der Waals surface area (Å²) in [4.78, 5) is 0. The lowest BCUT2D eigenvalue weighted by atomic mass is 10.1. The van der Waals surface area contributed by atoms with Crippen LogP contribution in [0.5, 0.6) is 0 Å². The summed E-state index contributed by atoms with van der Waals surface area (Å²) in [5, 5.41) is 3.31. The van der Waals surface area contributed by atoms with E-state index in [1.54, 1.807) is 0 Å². The number of nitrogens with one attached hydrogen (secondary N) is 1. The highest BCUT2D eigenvalue weighted by atomic mass is 14.9. The topological polar surface area (TPSA) is 38.0 Å². The minimum absolute atomic E-state index is 0.426. The van der Waals surface area contributed by atoms with Gasteiger partial charge in [0.25, 0.3) is 0 Å². The first kappa shape index (κ1) is 8.15. The molecule has 0 spiro atoms. The lowest BCUT2D eigenvalue weighted by Gasteiger charge is -1.98. The van der Waals surface area contributed by atoms with Gasteiger partial charge < -0.3 is 11.1 Å². The van der Waals surface area contributed by atoms with Crippen LogP contribution in [-0.4, -0.2) is 13.1 Å². The monoisotopic (exact) mass is 172 g/mol. The molecular formula is C11H12N2. The van der Waals surface area contributed by atoms with Crippen molar-refractivity contribution in [2.75, 3.05) is 18.4 Å². The van der Waals surface area contributed by atoms with Crippen LogP contribution in [0.2, 0.25) is 0 Å². The van der Waals surface area contributed by atoms with E-state index in [9.17, 15) is 0 Å². The molecule has 0 saturated heterocycles. The van der Waals surface area contributed by atoms with Gasteiger partial charge in [-0.2, -0.15) is 0 Å². The summed E-state index contributed by atoms with van der Waals surface area (Å²) in [6.45, 7) is 1.47. The predicted octanol–water partition coefficient (Wildman–Crippen LogP) is 0.965. The molecule has 1 aliphatic heterocycles. The van der Waals surface area contributed by atoms with Crippen molar-refractivity contribution in [1.82, 2.24) is 0 Å². The fourth-order valence-electron chi connectivity index (χ4n) is 1.54. The molecule has 3 N–H and O–H groups in total. The molecule has 13 heavy (non-hydrogen) atoms. The predicted molar refractivity (Wildman–Crippen MR) is 54.6 cm³/mol. The van der Waals surface area contributed by atoms with Crippen molar-refractivity contribution in [1.29, 1.82) is 0 Å². The normalized spacial score (nSPS) is 12.7. The van der Waals surface area contributed by atoms with Gasteiger partial charge in [-0.1, -0.05) is 11.8 Å². The van der Waals surface area contributed by atoms with E-state index in [2.05, 4.69) is 29.3 Å². The molecule has 0 bridgehead atoms. The molecule has 0 aromatic heterocycles. The van der Waals surface area contributed by atoms with Crippen LogP contribution in [0.1, 0.15) is 11.1 Å². The maximum absolute atomic E-state index is 5.30. The average molecular weight is 172 g/mol. The molecule has 2 nitrogen and oxygen atoms in total. The number of rotatable bonds is 0. The molecule has 0 atom stereocenters. The van der Waals surface area contributed by atoms with Crippen LogP contribution in [0, 0.1) is 11.8 Å². The van der Waals surface area contributed by atoms with Gasteiger partial charge in [0.15, 0.2) is 0 Å². The summed E-state index contributed by atoms with van der Waals surface area (Å²) in [7, 11) is 0. The van der Waals surface area contributed by atoms with E-state index < -0.39 is 0 Å². The number of hydrogen-bond acceptors (Lipinski definition) is 2. The van der Waals surface area contributed by atoms with E-state index in [0.717, 1.165) is 18.5 Å². The zero-order chi connectivity index (χ0) is 9.10. The van der Waals surface area contributed by atoms with Crippen LogP contribution in [0.4, 0.5) is 5.69 Å². The van der Waals surface area contributed by atoms with E-state index >= 15 is 0 Å². The molecular weight excluding hydrogens is 160 g/mol. The summed E-state index contributed by atoms with van der Waals surface area (Å²) in [6, 6.07) is 6.25. The van der Waals surface area contributed by atoms with Crippen LogP contribution in [0.3, 0.4) is 0 Å². The van der Waals surface area contributed by atoms with Crippen molar-refractivity contribution in [3.8, 4) is 11.8 Å². The average Bonchev–Trinajstić information content (AvgIpc) is 2.61. The molecule has 1 aromatic rings. The third kappa shape index (κ3) is 1.66. The summed E-state index contributed by atoms with van der Waals surface area (Å²) in [5.74, 6) is 5.88. The SMILES string of the molecule is NCC#Cc1ccc2c(c1)CCN2. The fraction of sp³-hybridized carbons (Fsp3) is 0.273. The van der Waals surface area contributed by atoms with E-state index in [1.807, 2.05) is 6.07 Å². The summed E-state index contributed by atoms with van der Waals surface area (Å²) in [6.07, 6.45) is 1.10. The van der Waals surface area contributed by atoms with Crippen molar-refractivity contribution >= 4 is 5.69 Å². The number of fused-ring (bicyclic) bond motifs is 1. The van der Waals surface area contributed by atoms with Crippen molar-refractivity contribution < 1.29 is 0 Å². The molecule has 1 heterocycles. The second-order valence-corrected chi connectivity index (χ2v) is 3.05. The fourth-order valence-corrected chi connectivity index (χ4v) is 1.54. The van der Waals surface area contributed by atoms with Crippen LogP contribution < -0.4 is 11.1 Å². The Morgan fingerprint density at radius 2 is 2.38 bits per heavy atom. The Bertz CT molecular complexity index is 371. The largest absolute Gasteiger partial charge is 0.384 e. The summed E-state index contributed by atoms with van der Waals surface area (Å²) < 4.78 is 0. The summed E-state index contributed by atoms with van der Waals surface area (Å²) in [5.41, 5.74) is 8.98. The van der Waals surface area contributed by atoms with Gasteiger partial charge in [0, 0.05) is 17.8 Å². The van der Waals surface area contributed by atoms with E-state index in [-0.39, 0.29) is 0 Å². The second-order valence-electron chi connectivity index (χ2n) is 3.05. The Morgan fingerprint density at radius 3 is 3.23 bits per heavy atom. The number of nitrogens with two attached hydrogens (primary N) is 1. The van der Waals surface area contributed by atoms with Crippen LogP contribution >= 0.6 is 0 Å². The molecule has 66 valence electrons. The zero-order valence-electron chi connectivity index (χ0n) is 7.43. The van der Waals surface area contributed by atoms with Gasteiger partial charge >= 0.3 is 0 Å². The summed E-state index contributed by atoms with van der Waals surface area (Å²) >= 11 is 0. The van der Waals surface area contributed by atoms with Crippen LogP contribution in [0.25, 0.3) is 0 Å². The lowest BCUT2D eigenvalue weighted by Crippen LogP contribution is -1.93. The van der Waals surface area contributed by atoms with Gasteiger partial charge in [0.2, 0.25) is 0 Å². The molecule has 0 amide bonds. The Kier molecular flexibility index (Phi) is 2.20. The first-order chi connectivity index (χ1) is 6.40. The minimum atomic E-state index is 0.426. The highest BCUT2D eigenvalue weighted by Gasteiger charge is 2.08. The van der Waals surface area contributed by atoms with Crippen molar-refractivity contribution in [2.45, 2.75) is 6.42 Å². The van der Waals surface area contributed by atoms with Crippen molar-refractivity contribution in [2.24, 2.45) is 5.73 Å². The Hall–Kier alpha value is -1.46. The van der Waals surface area contributed by atoms with Gasteiger partial charge in [-0.05, 0) is 30.2 Å². The maximum Gasteiger partial charge on any atom is 0.0555 e. The molecule has 0 aliphatic carbocycles. The van der Waals surface area contributed by atoms with Gasteiger partial charge in [-0.15, -0.1) is 0 Å². The standard InChI is InChI=1S/C11H12N2/c12-6-1-2-9-3-4-11-10(8-9)5-7-13-11/h3-4,8,13H,5-7,12H2. The van der Waals surface area contributed by atoms with Gasteiger partial charge in [-0.25, -0.2) is 0 Å². The Balaban J connectivity index is 2.31. The number of benzene rings is 1. The van der Waals surface area contributed by atoms with E-state index in [0.29, 0.717) is 6.54 Å². The highest BCUT2D eigenvalue weighted by Crippen LogP contribution is 2.22. The molecule has 0 fully saturated rings. The minimum Gasteiger partial charge on any atom is -0.384 e. The number of hydrogen-bond donors (Lipinski definition) is 2. The van der Waals surface area contributed by atoms with Gasteiger partial charge in [0.05, 0.1) is 6.54 Å². The third-order valence-electron chi connectivity index (χ3n) is 2.15. The first-order valence-corrected chi connectivity index (χ1v) is 4.46. The molecule has 0 radical (unpaired) electrons. The smallest absolute Gasteiger partial charge is 0.0555 e.